The van der Waals surface area contributed by atoms with Crippen LogP contribution >= 0.6 is 0 Å². The Morgan fingerprint density at radius 1 is 1.13 bits per heavy atom. The van der Waals surface area contributed by atoms with Crippen molar-refractivity contribution < 1.29 is 19.8 Å². The smallest absolute Gasteiger partial charge is 0.141 e. The molecule has 6 heteroatoms. The highest BCUT2D eigenvalue weighted by molar-refractivity contribution is 5.87. The lowest BCUT2D eigenvalue weighted by molar-refractivity contribution is -0.188. The number of hydrogen-bond donors (Lipinski definition) is 3. The molecule has 4 saturated carbocycles. The van der Waals surface area contributed by atoms with Gasteiger partial charge in [-0.2, -0.15) is 0 Å². The summed E-state index contributed by atoms with van der Waals surface area (Å²) in [6.07, 6.45) is 6.94. The van der Waals surface area contributed by atoms with Crippen LogP contribution in [0, 0.1) is 40.4 Å². The van der Waals surface area contributed by atoms with E-state index < -0.39 is 6.10 Å². The maximum atomic E-state index is 12.7. The molecule has 5 aliphatic rings. The molecule has 1 saturated heterocycles. The molecule has 1 heterocycles. The van der Waals surface area contributed by atoms with Gasteiger partial charge in [0.05, 0.1) is 11.8 Å². The van der Waals surface area contributed by atoms with Gasteiger partial charge < -0.3 is 20.4 Å². The van der Waals surface area contributed by atoms with E-state index in [1.807, 2.05) is 0 Å². The van der Waals surface area contributed by atoms with Gasteiger partial charge in [-0.1, -0.05) is 19.0 Å². The lowest BCUT2D eigenvalue weighted by atomic mass is 9.42. The number of carbonyl (C=O) groups is 1. The van der Waals surface area contributed by atoms with E-state index >= 15 is 0 Å². The second-order valence-electron chi connectivity index (χ2n) is 11.2. The van der Waals surface area contributed by atoms with Crippen LogP contribution in [0.25, 0.3) is 0 Å². The summed E-state index contributed by atoms with van der Waals surface area (Å²) < 4.78 is 0. The van der Waals surface area contributed by atoms with Crippen LogP contribution in [-0.2, 0) is 9.63 Å². The number of aliphatic hydroxyl groups excluding tert-OH is 2. The zero-order chi connectivity index (χ0) is 21.1. The maximum absolute atomic E-state index is 12.7. The molecule has 0 spiro atoms. The molecule has 5 fully saturated rings. The van der Waals surface area contributed by atoms with Crippen molar-refractivity contribution >= 4 is 11.5 Å². The molecule has 0 radical (unpaired) electrons. The molecule has 30 heavy (non-hydrogen) atoms. The van der Waals surface area contributed by atoms with Crippen molar-refractivity contribution in [1.82, 2.24) is 5.32 Å². The van der Waals surface area contributed by atoms with Crippen molar-refractivity contribution in [1.29, 1.82) is 0 Å². The van der Waals surface area contributed by atoms with Crippen LogP contribution in [0.15, 0.2) is 5.16 Å². The van der Waals surface area contributed by atoms with Crippen molar-refractivity contribution in [2.45, 2.75) is 77.4 Å². The Hall–Kier alpha value is -0.980. The fraction of sp³-hybridized carbons (Fsp3) is 0.917. The minimum atomic E-state index is -0.534. The summed E-state index contributed by atoms with van der Waals surface area (Å²) in [6.45, 7) is 6.38. The number of carbonyl (C=O) groups excluding carboxylic acids is 1. The van der Waals surface area contributed by atoms with Crippen LogP contribution in [0.3, 0.4) is 0 Å². The first-order valence-corrected chi connectivity index (χ1v) is 12.1. The van der Waals surface area contributed by atoms with Crippen molar-refractivity contribution in [2.24, 2.45) is 45.6 Å². The molecular weight excluding hydrogens is 380 g/mol. The second-order valence-corrected chi connectivity index (χ2v) is 11.2. The highest BCUT2D eigenvalue weighted by Gasteiger charge is 2.64. The van der Waals surface area contributed by atoms with E-state index in [0.29, 0.717) is 18.1 Å². The van der Waals surface area contributed by atoms with E-state index in [1.54, 1.807) is 0 Å². The first kappa shape index (κ1) is 20.9. The van der Waals surface area contributed by atoms with Crippen LogP contribution < -0.4 is 5.32 Å². The number of aliphatic hydroxyl groups is 2. The Bertz CT molecular complexity index is 720. The number of ketones is 1. The summed E-state index contributed by atoms with van der Waals surface area (Å²) in [5.74, 6) is 1.28. The molecule has 4 unspecified atom stereocenters. The molecule has 0 amide bonds. The molecule has 5 rings (SSSR count). The number of Topliss-reactive ketones (excluding diaryl/α,β-unsaturated/α-hetero) is 1. The van der Waals surface area contributed by atoms with Gasteiger partial charge >= 0.3 is 0 Å². The monoisotopic (exact) mass is 418 g/mol. The largest absolute Gasteiger partial charge is 0.396 e. The summed E-state index contributed by atoms with van der Waals surface area (Å²) >= 11 is 0. The summed E-state index contributed by atoms with van der Waals surface area (Å²) in [4.78, 5) is 18.5. The number of hydrogen-bond acceptors (Lipinski definition) is 6. The van der Waals surface area contributed by atoms with E-state index in [9.17, 15) is 15.0 Å². The minimum absolute atomic E-state index is 0.00268. The Morgan fingerprint density at radius 2 is 1.97 bits per heavy atom. The van der Waals surface area contributed by atoms with E-state index in [2.05, 4.69) is 24.3 Å². The maximum Gasteiger partial charge on any atom is 0.141 e. The highest BCUT2D eigenvalue weighted by atomic mass is 16.6. The normalized spacial score (nSPS) is 52.1. The fourth-order valence-electron chi connectivity index (χ4n) is 8.21. The molecular formula is C24H38N2O4. The quantitative estimate of drug-likeness (QED) is 0.613. The Labute approximate surface area is 179 Å². The molecule has 0 bridgehead atoms. The third-order valence-electron chi connectivity index (χ3n) is 10.1. The third kappa shape index (κ3) is 3.01. The van der Waals surface area contributed by atoms with Crippen LogP contribution in [0.5, 0.6) is 0 Å². The Morgan fingerprint density at radius 3 is 2.70 bits per heavy atom. The minimum Gasteiger partial charge on any atom is -0.396 e. The van der Waals surface area contributed by atoms with Crippen LogP contribution in [0.1, 0.15) is 65.2 Å². The van der Waals surface area contributed by atoms with Crippen LogP contribution in [0.2, 0.25) is 0 Å². The predicted molar refractivity (Wildman–Crippen MR) is 114 cm³/mol. The topological polar surface area (TPSA) is 91.2 Å². The average Bonchev–Trinajstić information content (AvgIpc) is 3.36. The predicted octanol–water partition coefficient (Wildman–Crippen LogP) is 2.52. The summed E-state index contributed by atoms with van der Waals surface area (Å²) in [5.41, 5.74) is 0.902. The van der Waals surface area contributed by atoms with Gasteiger partial charge in [0.1, 0.15) is 11.9 Å². The van der Waals surface area contributed by atoms with E-state index in [-0.39, 0.29) is 47.2 Å². The number of rotatable bonds is 3. The van der Waals surface area contributed by atoms with Crippen molar-refractivity contribution in [3.8, 4) is 0 Å². The van der Waals surface area contributed by atoms with E-state index in [0.717, 1.165) is 63.7 Å². The molecule has 168 valence electrons. The van der Waals surface area contributed by atoms with Gasteiger partial charge in [-0.15, -0.1) is 0 Å². The fourth-order valence-corrected chi connectivity index (χ4v) is 8.21. The van der Waals surface area contributed by atoms with Crippen LogP contribution in [-0.4, -0.2) is 53.6 Å². The van der Waals surface area contributed by atoms with Gasteiger partial charge in [0, 0.05) is 37.3 Å². The standard InChI is InChI=1S/C24H38N2O4/c1-23-8-5-14(26-30-15-7-10-25-12-15)11-19(23)16(13-27)22(29)21-17-3-4-20(28)24(17,2)9-6-18(21)23/h15-19,21-22,25,27,29H,3-13H2,1-2H3/t15?,16?,17-,18+,19?,21-,22?,23+,24-/m0/s1. The van der Waals surface area contributed by atoms with Gasteiger partial charge in [0.2, 0.25) is 0 Å². The number of fused-ring (bicyclic) bond motifs is 5. The summed E-state index contributed by atoms with van der Waals surface area (Å²) in [5, 5.41) is 29.7. The first-order chi connectivity index (χ1) is 14.4. The SMILES string of the molecule is C[C@]12CCC(=NOC3CCNC3)CC1C(CO)C(O)[C@@H]1[C@H]2CC[C@]2(C)C(=O)CC[C@@H]12. The molecule has 9 atom stereocenters. The number of oxime groups is 1. The molecule has 0 aromatic carbocycles. The van der Waals surface area contributed by atoms with Gasteiger partial charge in [-0.05, 0) is 74.2 Å². The average molecular weight is 419 g/mol. The van der Waals surface area contributed by atoms with E-state index in [4.69, 9.17) is 4.84 Å². The Kier molecular flexibility index (Phi) is 5.27. The molecule has 4 aliphatic carbocycles. The lowest BCUT2D eigenvalue weighted by Gasteiger charge is -2.63. The van der Waals surface area contributed by atoms with Crippen molar-refractivity contribution in [3.63, 3.8) is 0 Å². The van der Waals surface area contributed by atoms with Gasteiger partial charge in [-0.25, -0.2) is 0 Å². The Balaban J connectivity index is 1.41. The molecule has 0 aromatic rings. The van der Waals surface area contributed by atoms with Crippen molar-refractivity contribution in [3.05, 3.63) is 0 Å². The zero-order valence-electron chi connectivity index (χ0n) is 18.5. The summed E-state index contributed by atoms with van der Waals surface area (Å²) in [6, 6.07) is 0. The first-order valence-electron chi connectivity index (χ1n) is 12.1. The molecule has 1 aliphatic heterocycles. The van der Waals surface area contributed by atoms with Gasteiger partial charge in [-0.3, -0.25) is 4.79 Å². The third-order valence-corrected chi connectivity index (χ3v) is 10.1. The van der Waals surface area contributed by atoms with Crippen LogP contribution in [0.4, 0.5) is 0 Å². The summed E-state index contributed by atoms with van der Waals surface area (Å²) in [7, 11) is 0. The van der Waals surface area contributed by atoms with Crippen molar-refractivity contribution in [2.75, 3.05) is 19.7 Å². The highest BCUT2D eigenvalue weighted by Crippen LogP contribution is 2.66. The molecule has 0 aromatic heterocycles. The number of nitrogens with zero attached hydrogens (tertiary/aromatic N) is 1. The van der Waals surface area contributed by atoms with Gasteiger partial charge in [0.25, 0.3) is 0 Å². The second kappa shape index (κ2) is 7.56. The molecule has 6 nitrogen and oxygen atoms in total. The molecule has 3 N–H and O–H groups in total. The van der Waals surface area contributed by atoms with E-state index in [1.165, 1.54) is 0 Å². The van der Waals surface area contributed by atoms with Gasteiger partial charge in [0.15, 0.2) is 0 Å². The zero-order valence-corrected chi connectivity index (χ0v) is 18.5. The lowest BCUT2D eigenvalue weighted by Crippen LogP contribution is -2.62. The number of nitrogens with one attached hydrogen (secondary N) is 1.